The van der Waals surface area contributed by atoms with Gasteiger partial charge in [-0.05, 0) is 79.6 Å². The lowest BCUT2D eigenvalue weighted by atomic mass is 10.2. The minimum Gasteiger partial charge on any atom is -0.490 e. The van der Waals surface area contributed by atoms with Crippen LogP contribution in [-0.2, 0) is 21.4 Å². The van der Waals surface area contributed by atoms with Crippen LogP contribution in [0.1, 0.15) is 23.6 Å². The molecule has 0 saturated heterocycles. The van der Waals surface area contributed by atoms with Crippen LogP contribution in [0.2, 0.25) is 0 Å². The Morgan fingerprint density at radius 2 is 1.63 bits per heavy atom. The van der Waals surface area contributed by atoms with E-state index in [1.165, 1.54) is 18.3 Å². The number of hydrogen-bond acceptors (Lipinski definition) is 6. The maximum Gasteiger partial charge on any atom is 0.264 e. The molecule has 8 nitrogen and oxygen atoms in total. The number of benzene rings is 4. The average Bonchev–Trinajstić information content (AvgIpc) is 2.97. The highest BCUT2D eigenvalue weighted by molar-refractivity contribution is 9.10. The number of aryl methyl sites for hydroxylation is 1. The molecule has 0 aromatic heterocycles. The van der Waals surface area contributed by atoms with Crippen molar-refractivity contribution in [3.63, 3.8) is 0 Å². The molecule has 0 aliphatic rings. The first-order chi connectivity index (χ1) is 19.8. The molecule has 0 aliphatic carbocycles. The lowest BCUT2D eigenvalue weighted by Crippen LogP contribution is -2.39. The second kappa shape index (κ2) is 14.0. The van der Waals surface area contributed by atoms with Crippen molar-refractivity contribution < 1.29 is 22.7 Å². The summed E-state index contributed by atoms with van der Waals surface area (Å²) in [6.07, 6.45) is 1.46. The minimum absolute atomic E-state index is 0.0837. The average molecular weight is 637 g/mol. The first-order valence-corrected chi connectivity index (χ1v) is 15.1. The van der Waals surface area contributed by atoms with Crippen molar-refractivity contribution in [1.29, 1.82) is 0 Å². The van der Waals surface area contributed by atoms with Gasteiger partial charge in [-0.3, -0.25) is 9.10 Å². The summed E-state index contributed by atoms with van der Waals surface area (Å²) in [4.78, 5) is 13.0. The molecular formula is C31H30BrN3O5S. The molecule has 0 saturated carbocycles. The molecule has 212 valence electrons. The van der Waals surface area contributed by atoms with Gasteiger partial charge in [0.25, 0.3) is 15.9 Å². The molecule has 4 aromatic rings. The SMILES string of the molecule is CCOc1cc(/C=N/NC(=O)CN(c2ccc(Br)cc2)S(=O)(=O)c2ccc(C)cc2)ccc1OCc1ccccc1. The number of carbonyl (C=O) groups is 1. The molecule has 1 N–H and O–H groups in total. The fourth-order valence-electron chi connectivity index (χ4n) is 3.83. The second-order valence-corrected chi connectivity index (χ2v) is 11.8. The predicted octanol–water partition coefficient (Wildman–Crippen LogP) is 6.08. The number of nitrogens with one attached hydrogen (secondary N) is 1. The van der Waals surface area contributed by atoms with E-state index < -0.39 is 22.5 Å². The summed E-state index contributed by atoms with van der Waals surface area (Å²) in [5.74, 6) is 0.528. The monoisotopic (exact) mass is 635 g/mol. The first-order valence-electron chi connectivity index (χ1n) is 12.9. The Labute approximate surface area is 248 Å². The molecule has 4 aromatic carbocycles. The Kier molecular flexibility index (Phi) is 10.2. The van der Waals surface area contributed by atoms with Gasteiger partial charge in [-0.2, -0.15) is 5.10 Å². The molecule has 0 fully saturated rings. The van der Waals surface area contributed by atoms with Gasteiger partial charge in [0.2, 0.25) is 0 Å². The topological polar surface area (TPSA) is 97.3 Å². The number of halogens is 1. The zero-order valence-electron chi connectivity index (χ0n) is 22.7. The number of rotatable bonds is 12. The molecule has 0 aliphatic heterocycles. The van der Waals surface area contributed by atoms with Crippen LogP contribution < -0.4 is 19.2 Å². The molecule has 1 amide bonds. The normalized spacial score (nSPS) is 11.3. The van der Waals surface area contributed by atoms with Crippen LogP contribution in [0.3, 0.4) is 0 Å². The zero-order chi connectivity index (χ0) is 29.2. The summed E-state index contributed by atoms with van der Waals surface area (Å²) in [5, 5.41) is 4.04. The van der Waals surface area contributed by atoms with E-state index in [4.69, 9.17) is 9.47 Å². The van der Waals surface area contributed by atoms with Crippen molar-refractivity contribution in [2.24, 2.45) is 5.10 Å². The minimum atomic E-state index is -4.02. The van der Waals surface area contributed by atoms with Crippen molar-refractivity contribution >= 4 is 43.8 Å². The maximum atomic E-state index is 13.5. The largest absolute Gasteiger partial charge is 0.490 e. The smallest absolute Gasteiger partial charge is 0.264 e. The van der Waals surface area contributed by atoms with Crippen molar-refractivity contribution in [2.45, 2.75) is 25.3 Å². The summed E-state index contributed by atoms with van der Waals surface area (Å²) < 4.78 is 40.5. The molecule has 4 rings (SSSR count). The summed E-state index contributed by atoms with van der Waals surface area (Å²) in [7, 11) is -4.02. The highest BCUT2D eigenvalue weighted by atomic mass is 79.9. The summed E-state index contributed by atoms with van der Waals surface area (Å²) in [5.41, 5.74) is 5.40. The lowest BCUT2D eigenvalue weighted by Gasteiger charge is -2.23. The third-order valence-corrected chi connectivity index (χ3v) is 8.24. The van der Waals surface area contributed by atoms with Crippen LogP contribution in [0, 0.1) is 6.92 Å². The van der Waals surface area contributed by atoms with E-state index in [-0.39, 0.29) is 4.90 Å². The molecule has 0 bridgehead atoms. The maximum absolute atomic E-state index is 13.5. The molecule has 0 heterocycles. The van der Waals surface area contributed by atoms with Gasteiger partial charge >= 0.3 is 0 Å². The number of ether oxygens (including phenoxy) is 2. The number of hydrogen-bond donors (Lipinski definition) is 1. The van der Waals surface area contributed by atoms with Crippen LogP contribution in [0.5, 0.6) is 11.5 Å². The van der Waals surface area contributed by atoms with Gasteiger partial charge in [0.15, 0.2) is 11.5 Å². The highest BCUT2D eigenvalue weighted by Crippen LogP contribution is 2.29. The number of hydrazone groups is 1. The molecule has 0 radical (unpaired) electrons. The Morgan fingerprint density at radius 1 is 0.927 bits per heavy atom. The van der Waals surface area contributed by atoms with E-state index in [2.05, 4.69) is 26.5 Å². The van der Waals surface area contributed by atoms with Gasteiger partial charge in [-0.15, -0.1) is 0 Å². The number of sulfonamides is 1. The van der Waals surface area contributed by atoms with Crippen LogP contribution in [0.25, 0.3) is 0 Å². The number of carbonyl (C=O) groups excluding carboxylic acids is 1. The third-order valence-electron chi connectivity index (χ3n) is 5.92. The van der Waals surface area contributed by atoms with Gasteiger partial charge < -0.3 is 9.47 Å². The predicted molar refractivity (Wildman–Crippen MR) is 164 cm³/mol. The standard InChI is InChI=1S/C31H30BrN3O5S/c1-3-39-30-19-25(11-18-29(30)40-22-24-7-5-4-6-8-24)20-33-34-31(36)21-35(27-14-12-26(32)13-15-27)41(37,38)28-16-9-23(2)10-17-28/h4-20H,3,21-22H2,1-2H3,(H,34,36)/b33-20+. The molecule has 0 unspecified atom stereocenters. The quantitative estimate of drug-likeness (QED) is 0.150. The lowest BCUT2D eigenvalue weighted by molar-refractivity contribution is -0.119. The van der Waals surface area contributed by atoms with Gasteiger partial charge in [-0.1, -0.05) is 64.0 Å². The fourth-order valence-corrected chi connectivity index (χ4v) is 5.52. The van der Waals surface area contributed by atoms with E-state index in [1.807, 2.05) is 44.2 Å². The molecule has 0 spiro atoms. The Bertz CT molecular complexity index is 1590. The van der Waals surface area contributed by atoms with Gasteiger partial charge in [0, 0.05) is 4.47 Å². The Hall–Kier alpha value is -4.15. The van der Waals surface area contributed by atoms with Crippen molar-refractivity contribution in [3.05, 3.63) is 118 Å². The Balaban J connectivity index is 1.47. The van der Waals surface area contributed by atoms with E-state index in [0.717, 1.165) is 19.9 Å². The van der Waals surface area contributed by atoms with Crippen LogP contribution in [-0.4, -0.2) is 33.7 Å². The van der Waals surface area contributed by atoms with Crippen molar-refractivity contribution in [1.82, 2.24) is 5.43 Å². The van der Waals surface area contributed by atoms with Crippen LogP contribution >= 0.6 is 15.9 Å². The summed E-state index contributed by atoms with van der Waals surface area (Å²) in [6.45, 7) is 4.12. The van der Waals surface area contributed by atoms with Crippen molar-refractivity contribution in [3.8, 4) is 11.5 Å². The number of amides is 1. The molecule has 10 heteroatoms. The van der Waals surface area contributed by atoms with E-state index in [1.54, 1.807) is 54.6 Å². The number of nitrogens with zero attached hydrogens (tertiary/aromatic N) is 2. The van der Waals surface area contributed by atoms with Crippen LogP contribution in [0.4, 0.5) is 5.69 Å². The van der Waals surface area contributed by atoms with E-state index >= 15 is 0 Å². The van der Waals surface area contributed by atoms with Gasteiger partial charge in [0.05, 0.1) is 23.4 Å². The van der Waals surface area contributed by atoms with E-state index in [9.17, 15) is 13.2 Å². The van der Waals surface area contributed by atoms with Gasteiger partial charge in [0.1, 0.15) is 13.2 Å². The van der Waals surface area contributed by atoms with Gasteiger partial charge in [-0.25, -0.2) is 13.8 Å². The first kappa shape index (κ1) is 29.8. The molecule has 0 atom stereocenters. The summed E-state index contributed by atoms with van der Waals surface area (Å²) in [6, 6.07) is 28.3. The summed E-state index contributed by atoms with van der Waals surface area (Å²) >= 11 is 3.36. The Morgan fingerprint density at radius 3 is 2.32 bits per heavy atom. The highest BCUT2D eigenvalue weighted by Gasteiger charge is 2.27. The third kappa shape index (κ3) is 8.18. The molecular weight excluding hydrogens is 606 g/mol. The zero-order valence-corrected chi connectivity index (χ0v) is 25.1. The molecule has 41 heavy (non-hydrogen) atoms. The van der Waals surface area contributed by atoms with Crippen LogP contribution in [0.15, 0.2) is 112 Å². The van der Waals surface area contributed by atoms with E-state index in [0.29, 0.717) is 36.0 Å². The number of anilines is 1. The second-order valence-electron chi connectivity index (χ2n) is 9.01. The van der Waals surface area contributed by atoms with Crippen molar-refractivity contribution in [2.75, 3.05) is 17.5 Å². The fraction of sp³-hybridized carbons (Fsp3) is 0.161.